The fraction of sp³-hybridized carbons (Fsp3) is 0.200. The summed E-state index contributed by atoms with van der Waals surface area (Å²) in [5, 5.41) is 2.84. The number of hydrogen-bond donors (Lipinski definition) is 1. The summed E-state index contributed by atoms with van der Waals surface area (Å²) in [6.45, 7) is 0.384. The standard InChI is InChI=1S/C15H13F4NO/c1-20-9-10-6-11(16)8-12(7-10)21-14-5-3-2-4-13(14)15(17,18)19/h2-8,20H,9H2,1H3. The van der Waals surface area contributed by atoms with Crippen molar-refractivity contribution >= 4 is 0 Å². The van der Waals surface area contributed by atoms with Gasteiger partial charge in [0.15, 0.2) is 0 Å². The molecule has 0 saturated heterocycles. The van der Waals surface area contributed by atoms with Crippen molar-refractivity contribution in [1.29, 1.82) is 0 Å². The van der Waals surface area contributed by atoms with Gasteiger partial charge in [0.1, 0.15) is 17.3 Å². The maximum Gasteiger partial charge on any atom is 0.419 e. The molecule has 0 heterocycles. The lowest BCUT2D eigenvalue weighted by atomic mass is 10.2. The third kappa shape index (κ3) is 3.95. The third-order valence-electron chi connectivity index (χ3n) is 2.73. The van der Waals surface area contributed by atoms with Gasteiger partial charge in [0, 0.05) is 12.6 Å². The molecule has 0 bridgehead atoms. The van der Waals surface area contributed by atoms with Crippen LogP contribution in [0, 0.1) is 5.82 Å². The quantitative estimate of drug-likeness (QED) is 0.847. The Bertz CT molecular complexity index is 625. The molecule has 0 aliphatic heterocycles. The highest BCUT2D eigenvalue weighted by Crippen LogP contribution is 2.38. The molecule has 0 atom stereocenters. The summed E-state index contributed by atoms with van der Waals surface area (Å²) in [5.74, 6) is -0.898. The number of alkyl halides is 3. The number of nitrogens with one attached hydrogen (secondary N) is 1. The maximum absolute atomic E-state index is 13.5. The van der Waals surface area contributed by atoms with Gasteiger partial charge in [0.25, 0.3) is 0 Å². The Hall–Kier alpha value is -2.08. The Morgan fingerprint density at radius 2 is 1.81 bits per heavy atom. The van der Waals surface area contributed by atoms with Crippen LogP contribution in [0.4, 0.5) is 17.6 Å². The molecule has 0 spiro atoms. The fourth-order valence-corrected chi connectivity index (χ4v) is 1.90. The van der Waals surface area contributed by atoms with E-state index in [4.69, 9.17) is 4.74 Å². The lowest BCUT2D eigenvalue weighted by Crippen LogP contribution is -2.07. The van der Waals surface area contributed by atoms with E-state index in [1.165, 1.54) is 30.3 Å². The molecule has 2 aromatic carbocycles. The highest BCUT2D eigenvalue weighted by atomic mass is 19.4. The van der Waals surface area contributed by atoms with Crippen LogP contribution >= 0.6 is 0 Å². The Morgan fingerprint density at radius 1 is 1.10 bits per heavy atom. The molecule has 0 fully saturated rings. The molecule has 0 unspecified atom stereocenters. The van der Waals surface area contributed by atoms with Gasteiger partial charge in [-0.25, -0.2) is 4.39 Å². The lowest BCUT2D eigenvalue weighted by Gasteiger charge is -2.14. The molecule has 0 radical (unpaired) electrons. The molecular weight excluding hydrogens is 286 g/mol. The van der Waals surface area contributed by atoms with Crippen LogP contribution in [-0.4, -0.2) is 7.05 Å². The first-order valence-corrected chi connectivity index (χ1v) is 6.18. The van der Waals surface area contributed by atoms with E-state index in [1.807, 2.05) is 0 Å². The molecule has 0 aromatic heterocycles. The predicted molar refractivity (Wildman–Crippen MR) is 70.7 cm³/mol. The van der Waals surface area contributed by atoms with E-state index in [2.05, 4.69) is 5.32 Å². The first-order chi connectivity index (χ1) is 9.90. The van der Waals surface area contributed by atoms with Gasteiger partial charge in [-0.15, -0.1) is 0 Å². The van der Waals surface area contributed by atoms with Crippen LogP contribution in [-0.2, 0) is 12.7 Å². The van der Waals surface area contributed by atoms with Crippen molar-refractivity contribution in [2.24, 2.45) is 0 Å². The summed E-state index contributed by atoms with van der Waals surface area (Å²) in [6, 6.07) is 8.65. The lowest BCUT2D eigenvalue weighted by molar-refractivity contribution is -0.138. The number of hydrogen-bond acceptors (Lipinski definition) is 2. The van der Waals surface area contributed by atoms with Gasteiger partial charge in [-0.2, -0.15) is 13.2 Å². The van der Waals surface area contributed by atoms with Crippen molar-refractivity contribution < 1.29 is 22.3 Å². The largest absolute Gasteiger partial charge is 0.457 e. The molecule has 0 saturated carbocycles. The van der Waals surface area contributed by atoms with Crippen molar-refractivity contribution in [2.75, 3.05) is 7.05 Å². The van der Waals surface area contributed by atoms with Crippen LogP contribution in [0.3, 0.4) is 0 Å². The maximum atomic E-state index is 13.5. The molecule has 0 amide bonds. The first-order valence-electron chi connectivity index (χ1n) is 6.18. The zero-order valence-electron chi connectivity index (χ0n) is 11.2. The van der Waals surface area contributed by atoms with E-state index in [0.29, 0.717) is 12.1 Å². The average molecular weight is 299 g/mol. The van der Waals surface area contributed by atoms with Crippen LogP contribution in [0.5, 0.6) is 11.5 Å². The Morgan fingerprint density at radius 3 is 2.48 bits per heavy atom. The highest BCUT2D eigenvalue weighted by molar-refractivity contribution is 5.40. The van der Waals surface area contributed by atoms with Gasteiger partial charge in [-0.3, -0.25) is 0 Å². The minimum atomic E-state index is -4.53. The van der Waals surface area contributed by atoms with Gasteiger partial charge in [0.05, 0.1) is 5.56 Å². The van der Waals surface area contributed by atoms with Gasteiger partial charge in [0.2, 0.25) is 0 Å². The molecule has 6 heteroatoms. The second kappa shape index (κ2) is 6.13. The zero-order valence-corrected chi connectivity index (χ0v) is 11.2. The number of benzene rings is 2. The molecule has 21 heavy (non-hydrogen) atoms. The van der Waals surface area contributed by atoms with Crippen LogP contribution in [0.25, 0.3) is 0 Å². The van der Waals surface area contributed by atoms with Crippen molar-refractivity contribution in [3.05, 3.63) is 59.4 Å². The van der Waals surface area contributed by atoms with Crippen molar-refractivity contribution in [1.82, 2.24) is 5.32 Å². The van der Waals surface area contributed by atoms with E-state index in [-0.39, 0.29) is 11.5 Å². The van der Waals surface area contributed by atoms with E-state index < -0.39 is 17.6 Å². The summed E-state index contributed by atoms with van der Waals surface area (Å²) >= 11 is 0. The highest BCUT2D eigenvalue weighted by Gasteiger charge is 2.34. The monoisotopic (exact) mass is 299 g/mol. The fourth-order valence-electron chi connectivity index (χ4n) is 1.90. The SMILES string of the molecule is CNCc1cc(F)cc(Oc2ccccc2C(F)(F)F)c1. The Labute approximate surface area is 119 Å². The first kappa shape index (κ1) is 15.3. The van der Waals surface area contributed by atoms with E-state index in [0.717, 1.165) is 12.1 Å². The van der Waals surface area contributed by atoms with Crippen molar-refractivity contribution in [2.45, 2.75) is 12.7 Å². The van der Waals surface area contributed by atoms with Gasteiger partial charge in [-0.05, 0) is 36.9 Å². The van der Waals surface area contributed by atoms with E-state index >= 15 is 0 Å². The number of para-hydroxylation sites is 1. The molecule has 112 valence electrons. The average Bonchev–Trinajstić information content (AvgIpc) is 2.37. The Balaban J connectivity index is 2.35. The van der Waals surface area contributed by atoms with Crippen LogP contribution < -0.4 is 10.1 Å². The summed E-state index contributed by atoms with van der Waals surface area (Å²) in [5.41, 5.74) is -0.318. The minimum Gasteiger partial charge on any atom is -0.457 e. The van der Waals surface area contributed by atoms with Gasteiger partial charge >= 0.3 is 6.18 Å². The summed E-state index contributed by atoms with van der Waals surface area (Å²) in [6.07, 6.45) is -4.53. The smallest absolute Gasteiger partial charge is 0.419 e. The van der Waals surface area contributed by atoms with Gasteiger partial charge in [-0.1, -0.05) is 12.1 Å². The number of halogens is 4. The number of ether oxygens (including phenoxy) is 1. The van der Waals surface area contributed by atoms with Crippen LogP contribution in [0.2, 0.25) is 0 Å². The second-order valence-corrected chi connectivity index (χ2v) is 4.42. The molecule has 1 N–H and O–H groups in total. The zero-order chi connectivity index (χ0) is 15.5. The molecule has 2 rings (SSSR count). The molecule has 0 aliphatic carbocycles. The summed E-state index contributed by atoms with van der Waals surface area (Å²) < 4.78 is 57.3. The Kier molecular flexibility index (Phi) is 4.47. The molecule has 2 nitrogen and oxygen atoms in total. The van der Waals surface area contributed by atoms with Crippen molar-refractivity contribution in [3.8, 4) is 11.5 Å². The molecular formula is C15H13F4NO. The van der Waals surface area contributed by atoms with Crippen LogP contribution in [0.15, 0.2) is 42.5 Å². The normalized spacial score (nSPS) is 11.5. The number of rotatable bonds is 4. The minimum absolute atomic E-state index is 0.0250. The predicted octanol–water partition coefficient (Wildman–Crippen LogP) is 4.36. The third-order valence-corrected chi connectivity index (χ3v) is 2.73. The van der Waals surface area contributed by atoms with Crippen LogP contribution in [0.1, 0.15) is 11.1 Å². The molecule has 2 aromatic rings. The summed E-state index contributed by atoms with van der Waals surface area (Å²) in [4.78, 5) is 0. The molecule has 0 aliphatic rings. The van der Waals surface area contributed by atoms with Gasteiger partial charge < -0.3 is 10.1 Å². The van der Waals surface area contributed by atoms with E-state index in [9.17, 15) is 17.6 Å². The van der Waals surface area contributed by atoms with Crippen molar-refractivity contribution in [3.63, 3.8) is 0 Å². The van der Waals surface area contributed by atoms with E-state index in [1.54, 1.807) is 7.05 Å². The topological polar surface area (TPSA) is 21.3 Å². The second-order valence-electron chi connectivity index (χ2n) is 4.42. The summed E-state index contributed by atoms with van der Waals surface area (Å²) in [7, 11) is 1.68.